The molecule has 0 aliphatic heterocycles. The lowest BCUT2D eigenvalue weighted by molar-refractivity contribution is 0.993. The van der Waals surface area contributed by atoms with Gasteiger partial charge in [-0.2, -0.15) is 0 Å². The van der Waals surface area contributed by atoms with Crippen molar-refractivity contribution in [1.29, 1.82) is 0 Å². The molecule has 0 amide bonds. The van der Waals surface area contributed by atoms with Crippen molar-refractivity contribution in [3.63, 3.8) is 0 Å². The van der Waals surface area contributed by atoms with E-state index in [1.807, 2.05) is 0 Å². The summed E-state index contributed by atoms with van der Waals surface area (Å²) in [4.78, 5) is 10.6. The molecule has 3 nitrogen and oxygen atoms in total. The van der Waals surface area contributed by atoms with Gasteiger partial charge in [0.15, 0.2) is 0 Å². The Labute approximate surface area is 247 Å². The second-order valence-corrected chi connectivity index (χ2v) is 11.4. The first kappa shape index (κ1) is 22.8. The molecule has 0 spiro atoms. The fraction of sp³-hybridized carbons (Fsp3) is 0. The number of benzene rings is 7. The molecule has 10 rings (SSSR count). The third kappa shape index (κ3) is 3.08. The van der Waals surface area contributed by atoms with Crippen LogP contribution in [0.2, 0.25) is 0 Å². The summed E-state index contributed by atoms with van der Waals surface area (Å²) >= 11 is 0. The summed E-state index contributed by atoms with van der Waals surface area (Å²) in [6.07, 6.45) is 0. The normalized spacial score (nSPS) is 12.2. The van der Waals surface area contributed by atoms with Gasteiger partial charge in [0.05, 0.1) is 22.4 Å². The third-order valence-electron chi connectivity index (χ3n) is 9.10. The van der Waals surface area contributed by atoms with Gasteiger partial charge in [-0.3, -0.25) is 4.57 Å². The molecule has 0 unspecified atom stereocenters. The molecule has 0 N–H and O–H groups in total. The SMILES string of the molecule is c1ccc2cc(-c3nc(-n4c5c(c6ccccc64)-c4cc6ccccc6c6cccc-5c46)nc4ccccc34)ccc2c1. The first-order valence-corrected chi connectivity index (χ1v) is 14.7. The monoisotopic (exact) mass is 545 g/mol. The molecular weight excluding hydrogens is 522 g/mol. The molecule has 198 valence electrons. The average molecular weight is 546 g/mol. The predicted molar refractivity (Wildman–Crippen MR) is 179 cm³/mol. The van der Waals surface area contributed by atoms with Gasteiger partial charge in [-0.05, 0) is 62.1 Å². The van der Waals surface area contributed by atoms with Gasteiger partial charge >= 0.3 is 0 Å². The Kier molecular flexibility index (Phi) is 4.45. The number of para-hydroxylation sites is 2. The first-order valence-electron chi connectivity index (χ1n) is 14.7. The second-order valence-electron chi connectivity index (χ2n) is 11.4. The van der Waals surface area contributed by atoms with Gasteiger partial charge in [-0.15, -0.1) is 0 Å². The summed E-state index contributed by atoms with van der Waals surface area (Å²) in [6.45, 7) is 0. The lowest BCUT2D eigenvalue weighted by Gasteiger charge is -2.14. The van der Waals surface area contributed by atoms with E-state index >= 15 is 0 Å². The van der Waals surface area contributed by atoms with Gasteiger partial charge in [0, 0.05) is 27.5 Å². The second kappa shape index (κ2) is 8.37. The quantitative estimate of drug-likeness (QED) is 0.202. The molecule has 43 heavy (non-hydrogen) atoms. The lowest BCUT2D eigenvalue weighted by Crippen LogP contribution is -2.04. The van der Waals surface area contributed by atoms with Crippen molar-refractivity contribution in [2.45, 2.75) is 0 Å². The molecule has 2 heterocycles. The van der Waals surface area contributed by atoms with Crippen LogP contribution in [0.15, 0.2) is 140 Å². The van der Waals surface area contributed by atoms with Crippen molar-refractivity contribution in [3.05, 3.63) is 140 Å². The molecule has 1 aliphatic carbocycles. The molecule has 0 saturated carbocycles. The molecule has 2 aromatic heterocycles. The highest BCUT2D eigenvalue weighted by Crippen LogP contribution is 2.54. The lowest BCUT2D eigenvalue weighted by atomic mass is 9.96. The van der Waals surface area contributed by atoms with Crippen LogP contribution in [0, 0.1) is 0 Å². The molecule has 9 aromatic rings. The smallest absolute Gasteiger partial charge is 0.235 e. The number of hydrogen-bond acceptors (Lipinski definition) is 2. The van der Waals surface area contributed by atoms with E-state index in [4.69, 9.17) is 9.97 Å². The summed E-state index contributed by atoms with van der Waals surface area (Å²) in [7, 11) is 0. The summed E-state index contributed by atoms with van der Waals surface area (Å²) in [5.41, 5.74) is 9.01. The minimum Gasteiger partial charge on any atom is -0.277 e. The molecule has 3 heteroatoms. The molecule has 0 fully saturated rings. The minimum absolute atomic E-state index is 0.689. The highest BCUT2D eigenvalue weighted by atomic mass is 15.2. The van der Waals surface area contributed by atoms with Crippen LogP contribution in [0.25, 0.3) is 93.7 Å². The fourth-order valence-corrected chi connectivity index (χ4v) is 7.25. The molecule has 0 bridgehead atoms. The van der Waals surface area contributed by atoms with Crippen LogP contribution in [-0.4, -0.2) is 14.5 Å². The Bertz CT molecular complexity index is 2630. The van der Waals surface area contributed by atoms with Crippen molar-refractivity contribution in [3.8, 4) is 39.6 Å². The van der Waals surface area contributed by atoms with E-state index in [1.54, 1.807) is 0 Å². The third-order valence-corrected chi connectivity index (χ3v) is 9.10. The van der Waals surface area contributed by atoms with Gasteiger partial charge in [-0.1, -0.05) is 115 Å². The van der Waals surface area contributed by atoms with E-state index in [2.05, 4.69) is 144 Å². The number of nitrogens with zero attached hydrogens (tertiary/aromatic N) is 3. The molecule has 1 aliphatic rings. The zero-order valence-corrected chi connectivity index (χ0v) is 23.1. The van der Waals surface area contributed by atoms with Crippen molar-refractivity contribution in [2.75, 3.05) is 0 Å². The van der Waals surface area contributed by atoms with Crippen molar-refractivity contribution < 1.29 is 0 Å². The Morgan fingerprint density at radius 1 is 0.465 bits per heavy atom. The number of aromatic nitrogens is 3. The van der Waals surface area contributed by atoms with Crippen LogP contribution in [0.3, 0.4) is 0 Å². The maximum atomic E-state index is 5.38. The van der Waals surface area contributed by atoms with E-state index in [0.717, 1.165) is 33.4 Å². The molecule has 0 saturated heterocycles. The Balaban J connectivity index is 1.33. The van der Waals surface area contributed by atoms with E-state index < -0.39 is 0 Å². The van der Waals surface area contributed by atoms with Gasteiger partial charge in [-0.25, -0.2) is 9.97 Å². The van der Waals surface area contributed by atoms with Crippen molar-refractivity contribution in [2.24, 2.45) is 0 Å². The maximum Gasteiger partial charge on any atom is 0.235 e. The number of fused-ring (bicyclic) bond motifs is 9. The number of rotatable bonds is 2. The molecule has 7 aromatic carbocycles. The van der Waals surface area contributed by atoms with E-state index in [1.165, 1.54) is 54.4 Å². The topological polar surface area (TPSA) is 30.7 Å². The summed E-state index contributed by atoms with van der Waals surface area (Å²) in [5.74, 6) is 0.689. The maximum absolute atomic E-state index is 5.38. The van der Waals surface area contributed by atoms with Crippen LogP contribution < -0.4 is 0 Å². The van der Waals surface area contributed by atoms with E-state index in [9.17, 15) is 0 Å². The molecule has 0 atom stereocenters. The predicted octanol–water partition coefficient (Wildman–Crippen LogP) is 10.3. The van der Waals surface area contributed by atoms with Crippen molar-refractivity contribution in [1.82, 2.24) is 14.5 Å². The summed E-state index contributed by atoms with van der Waals surface area (Å²) in [6, 6.07) is 49.9. The standard InChI is InChI=1S/C40H23N3/c1-2-11-25-22-27(21-20-24(25)10-1)38-30-14-5-7-18-34(30)41-40(42-38)43-35-19-8-6-15-31(35)37-33-23-26-12-3-4-13-28(26)29-16-9-17-32(36(29)33)39(37)43/h1-23H. The Hall–Kier alpha value is -5.80. The minimum atomic E-state index is 0.689. The highest BCUT2D eigenvalue weighted by Gasteiger charge is 2.31. The summed E-state index contributed by atoms with van der Waals surface area (Å²) < 4.78 is 2.29. The first-order chi connectivity index (χ1) is 21.3. The van der Waals surface area contributed by atoms with Crippen LogP contribution in [0.4, 0.5) is 0 Å². The summed E-state index contributed by atoms with van der Waals surface area (Å²) in [5, 5.41) is 9.82. The van der Waals surface area contributed by atoms with Crippen LogP contribution in [0.1, 0.15) is 0 Å². The van der Waals surface area contributed by atoms with Crippen LogP contribution in [-0.2, 0) is 0 Å². The molecule has 0 radical (unpaired) electrons. The van der Waals surface area contributed by atoms with Gasteiger partial charge in [0.1, 0.15) is 0 Å². The zero-order chi connectivity index (χ0) is 28.1. The van der Waals surface area contributed by atoms with Gasteiger partial charge in [0.25, 0.3) is 0 Å². The largest absolute Gasteiger partial charge is 0.277 e. The van der Waals surface area contributed by atoms with E-state index in [0.29, 0.717) is 5.95 Å². The highest BCUT2D eigenvalue weighted by molar-refractivity contribution is 6.27. The van der Waals surface area contributed by atoms with E-state index in [-0.39, 0.29) is 0 Å². The zero-order valence-electron chi connectivity index (χ0n) is 23.1. The van der Waals surface area contributed by atoms with Gasteiger partial charge in [0.2, 0.25) is 5.95 Å². The molecular formula is C40H23N3. The Morgan fingerprint density at radius 2 is 1.19 bits per heavy atom. The van der Waals surface area contributed by atoms with Crippen molar-refractivity contribution >= 4 is 54.1 Å². The van der Waals surface area contributed by atoms with Crippen LogP contribution in [0.5, 0.6) is 0 Å². The number of hydrogen-bond donors (Lipinski definition) is 0. The Morgan fingerprint density at radius 3 is 2.09 bits per heavy atom. The van der Waals surface area contributed by atoms with Crippen LogP contribution >= 0.6 is 0 Å². The average Bonchev–Trinajstić information content (AvgIpc) is 3.58. The van der Waals surface area contributed by atoms with Gasteiger partial charge < -0.3 is 0 Å². The fourth-order valence-electron chi connectivity index (χ4n) is 7.25.